The fourth-order valence-electron chi connectivity index (χ4n) is 2.32. The molecule has 0 spiro atoms. The fraction of sp³-hybridized carbons (Fsp3) is 0.667. The number of nitrogens with two attached hydrogens (primary N) is 1. The first-order valence-corrected chi connectivity index (χ1v) is 6.36. The highest BCUT2D eigenvalue weighted by atomic mass is 16.5. The Hall–Kier alpha value is -1.56. The van der Waals surface area contributed by atoms with Crippen molar-refractivity contribution < 1.29 is 9.53 Å². The lowest BCUT2D eigenvalue weighted by Gasteiger charge is -2.16. The van der Waals surface area contributed by atoms with Gasteiger partial charge in [-0.1, -0.05) is 0 Å². The highest BCUT2D eigenvalue weighted by Crippen LogP contribution is 2.29. The van der Waals surface area contributed by atoms with E-state index >= 15 is 0 Å². The van der Waals surface area contributed by atoms with Crippen LogP contribution in [0.15, 0.2) is 6.20 Å². The average molecular weight is 252 g/mol. The second kappa shape index (κ2) is 5.86. The fourth-order valence-corrected chi connectivity index (χ4v) is 2.32. The Kier molecular flexibility index (Phi) is 4.19. The summed E-state index contributed by atoms with van der Waals surface area (Å²) in [5.74, 6) is 0.438. The number of ether oxygens (including phenoxy) is 1. The highest BCUT2D eigenvalue weighted by Gasteiger charge is 2.29. The highest BCUT2D eigenvalue weighted by molar-refractivity contribution is 5.76. The summed E-state index contributed by atoms with van der Waals surface area (Å²) in [5.41, 5.74) is 7.46. The predicted octanol–water partition coefficient (Wildman–Crippen LogP) is 0.734. The monoisotopic (exact) mass is 252 g/mol. The molecule has 1 aromatic heterocycles. The van der Waals surface area contributed by atoms with E-state index in [1.165, 1.54) is 0 Å². The number of rotatable bonds is 5. The number of aromatic nitrogens is 2. The van der Waals surface area contributed by atoms with Crippen molar-refractivity contribution in [2.75, 3.05) is 32.0 Å². The van der Waals surface area contributed by atoms with Gasteiger partial charge in [0.05, 0.1) is 30.6 Å². The number of carbonyl (C=O) groups is 1. The van der Waals surface area contributed by atoms with Crippen molar-refractivity contribution in [2.45, 2.75) is 25.7 Å². The number of nitrogens with zero attached hydrogens (tertiary/aromatic N) is 2. The van der Waals surface area contributed by atoms with Gasteiger partial charge in [-0.3, -0.25) is 9.89 Å². The zero-order valence-electron chi connectivity index (χ0n) is 10.7. The molecule has 2 rings (SSSR count). The molecule has 1 saturated heterocycles. The zero-order valence-corrected chi connectivity index (χ0v) is 10.7. The zero-order chi connectivity index (χ0) is 13.0. The van der Waals surface area contributed by atoms with Gasteiger partial charge in [-0.2, -0.15) is 5.10 Å². The molecule has 100 valence electrons. The summed E-state index contributed by atoms with van der Waals surface area (Å²) in [6.07, 6.45) is 3.01. The van der Waals surface area contributed by atoms with Crippen LogP contribution in [0, 0.1) is 0 Å². The van der Waals surface area contributed by atoms with Gasteiger partial charge in [0.15, 0.2) is 0 Å². The van der Waals surface area contributed by atoms with Gasteiger partial charge >= 0.3 is 0 Å². The minimum atomic E-state index is 0.157. The van der Waals surface area contributed by atoms with Crippen molar-refractivity contribution in [2.24, 2.45) is 0 Å². The summed E-state index contributed by atoms with van der Waals surface area (Å²) < 4.78 is 5.20. The van der Waals surface area contributed by atoms with Gasteiger partial charge in [0.1, 0.15) is 0 Å². The minimum absolute atomic E-state index is 0.157. The van der Waals surface area contributed by atoms with Crippen LogP contribution in [0.25, 0.3) is 0 Å². The van der Waals surface area contributed by atoms with Gasteiger partial charge in [0.25, 0.3) is 0 Å². The van der Waals surface area contributed by atoms with Crippen LogP contribution in [0.3, 0.4) is 0 Å². The Morgan fingerprint density at radius 2 is 2.56 bits per heavy atom. The molecule has 0 bridgehead atoms. The van der Waals surface area contributed by atoms with E-state index in [1.807, 2.05) is 11.8 Å². The molecular weight excluding hydrogens is 232 g/mol. The van der Waals surface area contributed by atoms with Crippen LogP contribution in [0.4, 0.5) is 5.69 Å². The maximum absolute atomic E-state index is 11.9. The third-order valence-corrected chi connectivity index (χ3v) is 3.31. The van der Waals surface area contributed by atoms with Crippen molar-refractivity contribution >= 4 is 11.6 Å². The summed E-state index contributed by atoms with van der Waals surface area (Å²) in [7, 11) is 0. The Balaban J connectivity index is 1.85. The molecule has 0 radical (unpaired) electrons. The summed E-state index contributed by atoms with van der Waals surface area (Å²) in [6, 6.07) is 0. The smallest absolute Gasteiger partial charge is 0.224 e. The van der Waals surface area contributed by atoms with Crippen LogP contribution in [-0.4, -0.2) is 47.3 Å². The molecule has 6 heteroatoms. The first kappa shape index (κ1) is 12.9. The largest absolute Gasteiger partial charge is 0.396 e. The van der Waals surface area contributed by atoms with Crippen LogP contribution >= 0.6 is 0 Å². The molecule has 6 nitrogen and oxygen atoms in total. The molecule has 0 aliphatic carbocycles. The quantitative estimate of drug-likeness (QED) is 0.757. The van der Waals surface area contributed by atoms with Crippen molar-refractivity contribution in [1.82, 2.24) is 15.1 Å². The Morgan fingerprint density at radius 3 is 3.22 bits per heavy atom. The van der Waals surface area contributed by atoms with E-state index in [-0.39, 0.29) is 11.8 Å². The van der Waals surface area contributed by atoms with E-state index in [0.717, 1.165) is 25.2 Å². The molecular formula is C12H20N4O2. The first-order chi connectivity index (χ1) is 8.72. The lowest BCUT2D eigenvalue weighted by molar-refractivity contribution is -0.131. The number of amides is 1. The van der Waals surface area contributed by atoms with Crippen LogP contribution < -0.4 is 5.73 Å². The summed E-state index contributed by atoms with van der Waals surface area (Å²) in [5, 5.41) is 6.84. The van der Waals surface area contributed by atoms with Gasteiger partial charge < -0.3 is 15.4 Å². The normalized spacial score (nSPS) is 19.4. The number of anilines is 1. The summed E-state index contributed by atoms with van der Waals surface area (Å²) in [6.45, 7) is 4.59. The molecule has 1 fully saturated rings. The molecule has 1 aromatic rings. The molecule has 1 atom stereocenters. The number of nitrogens with one attached hydrogen (secondary N) is 1. The SMILES string of the molecule is CCOCCC(=O)N1CCC(c2[nH]ncc2N)C1. The Bertz CT molecular complexity index is 405. The third-order valence-electron chi connectivity index (χ3n) is 3.31. The predicted molar refractivity (Wildman–Crippen MR) is 68.0 cm³/mol. The molecule has 0 saturated carbocycles. The number of hydrogen-bond donors (Lipinski definition) is 2. The number of hydrogen-bond acceptors (Lipinski definition) is 4. The van der Waals surface area contributed by atoms with Crippen LogP contribution in [0.5, 0.6) is 0 Å². The molecule has 1 amide bonds. The van der Waals surface area contributed by atoms with E-state index in [1.54, 1.807) is 6.20 Å². The lowest BCUT2D eigenvalue weighted by atomic mass is 10.0. The molecule has 2 heterocycles. The molecule has 1 aliphatic heterocycles. The molecule has 0 aromatic carbocycles. The molecule has 1 aliphatic rings. The van der Waals surface area contributed by atoms with Gasteiger partial charge in [-0.25, -0.2) is 0 Å². The second-order valence-electron chi connectivity index (χ2n) is 4.51. The molecule has 3 N–H and O–H groups in total. The average Bonchev–Trinajstić information content (AvgIpc) is 2.97. The van der Waals surface area contributed by atoms with Crippen molar-refractivity contribution in [1.29, 1.82) is 0 Å². The van der Waals surface area contributed by atoms with Gasteiger partial charge in [-0.05, 0) is 13.3 Å². The topological polar surface area (TPSA) is 84.2 Å². The van der Waals surface area contributed by atoms with Crippen LogP contribution in [0.1, 0.15) is 31.4 Å². The standard InChI is InChI=1S/C12H20N4O2/c1-2-18-6-4-11(17)16-5-3-9(8-16)12-10(13)7-14-15-12/h7,9H,2-6,8,13H2,1H3,(H,14,15). The summed E-state index contributed by atoms with van der Waals surface area (Å²) >= 11 is 0. The van der Waals surface area contributed by atoms with Gasteiger partial charge in [-0.15, -0.1) is 0 Å². The van der Waals surface area contributed by atoms with Gasteiger partial charge in [0, 0.05) is 25.6 Å². The van der Waals surface area contributed by atoms with Gasteiger partial charge in [0.2, 0.25) is 5.91 Å². The molecule has 18 heavy (non-hydrogen) atoms. The number of aromatic amines is 1. The van der Waals surface area contributed by atoms with E-state index in [0.29, 0.717) is 25.3 Å². The summed E-state index contributed by atoms with van der Waals surface area (Å²) in [4.78, 5) is 13.8. The number of H-pyrrole nitrogens is 1. The van der Waals surface area contributed by atoms with Crippen molar-refractivity contribution in [3.63, 3.8) is 0 Å². The second-order valence-corrected chi connectivity index (χ2v) is 4.51. The number of likely N-dealkylation sites (tertiary alicyclic amines) is 1. The van der Waals surface area contributed by atoms with Crippen LogP contribution in [0.2, 0.25) is 0 Å². The van der Waals surface area contributed by atoms with E-state index in [2.05, 4.69) is 10.2 Å². The first-order valence-electron chi connectivity index (χ1n) is 6.36. The van der Waals surface area contributed by atoms with Crippen molar-refractivity contribution in [3.8, 4) is 0 Å². The Labute approximate surface area is 106 Å². The third kappa shape index (κ3) is 2.81. The van der Waals surface area contributed by atoms with E-state index in [4.69, 9.17) is 10.5 Å². The van der Waals surface area contributed by atoms with Crippen LogP contribution in [-0.2, 0) is 9.53 Å². The minimum Gasteiger partial charge on any atom is -0.396 e. The Morgan fingerprint density at radius 1 is 1.72 bits per heavy atom. The number of carbonyl (C=O) groups excluding carboxylic acids is 1. The number of nitrogen functional groups attached to an aromatic ring is 1. The maximum atomic E-state index is 11.9. The van der Waals surface area contributed by atoms with Crippen molar-refractivity contribution in [3.05, 3.63) is 11.9 Å². The molecule has 1 unspecified atom stereocenters. The lowest BCUT2D eigenvalue weighted by Crippen LogP contribution is -2.29. The van der Waals surface area contributed by atoms with E-state index in [9.17, 15) is 4.79 Å². The van der Waals surface area contributed by atoms with E-state index < -0.39 is 0 Å². The maximum Gasteiger partial charge on any atom is 0.224 e.